The number of carbonyl (C=O) groups excluding carboxylic acids is 1. The lowest BCUT2D eigenvalue weighted by Gasteiger charge is -2.12. The second kappa shape index (κ2) is 11.4. The van der Waals surface area contributed by atoms with E-state index in [0.29, 0.717) is 11.1 Å². The van der Waals surface area contributed by atoms with Crippen molar-refractivity contribution >= 4 is 18.1 Å². The first-order chi connectivity index (χ1) is 17.8. The summed E-state index contributed by atoms with van der Waals surface area (Å²) in [6, 6.07) is 24.5. The molecule has 1 atom stereocenters. The van der Waals surface area contributed by atoms with Crippen molar-refractivity contribution in [3.63, 3.8) is 0 Å². The highest BCUT2D eigenvalue weighted by Gasteiger charge is 2.15. The third-order valence-electron chi connectivity index (χ3n) is 5.92. The molecule has 6 heteroatoms. The number of hydrogen-bond donors (Lipinski definition) is 0. The van der Waals surface area contributed by atoms with Gasteiger partial charge >= 0.3 is 5.97 Å². The van der Waals surface area contributed by atoms with Gasteiger partial charge in [-0.05, 0) is 47.2 Å². The number of nitriles is 1. The van der Waals surface area contributed by atoms with Crippen LogP contribution in [0.25, 0.3) is 12.2 Å². The number of carbonyl (C=O) groups is 1. The molecule has 0 amide bonds. The average molecular weight is 498 g/mol. The topological polar surface area (TPSA) is 50.1 Å². The summed E-state index contributed by atoms with van der Waals surface area (Å²) in [5, 5.41) is 8.73. The molecular formula is C31H22F3NO2. The third-order valence-corrected chi connectivity index (χ3v) is 5.92. The quantitative estimate of drug-likeness (QED) is 0.149. The van der Waals surface area contributed by atoms with Crippen LogP contribution in [-0.4, -0.2) is 5.97 Å². The van der Waals surface area contributed by atoms with Gasteiger partial charge in [-0.3, -0.25) is 0 Å². The highest BCUT2D eigenvalue weighted by atomic mass is 19.1. The number of benzene rings is 4. The lowest BCUT2D eigenvalue weighted by Crippen LogP contribution is -2.09. The summed E-state index contributed by atoms with van der Waals surface area (Å²) in [5.41, 5.74) is 2.68. The van der Waals surface area contributed by atoms with E-state index in [4.69, 9.17) is 10.00 Å². The number of rotatable bonds is 7. The van der Waals surface area contributed by atoms with Gasteiger partial charge in [0.05, 0.1) is 5.56 Å². The molecule has 4 rings (SSSR count). The van der Waals surface area contributed by atoms with Gasteiger partial charge in [0.1, 0.15) is 34.8 Å². The number of nitrogens with zero attached hydrogens (tertiary/aromatic N) is 1. The predicted octanol–water partition coefficient (Wildman–Crippen LogP) is 7.71. The van der Waals surface area contributed by atoms with Gasteiger partial charge in [0.2, 0.25) is 0 Å². The zero-order valence-electron chi connectivity index (χ0n) is 19.9. The molecule has 4 aromatic rings. The molecule has 0 bridgehead atoms. The maximum absolute atomic E-state index is 14.7. The number of esters is 1. The molecule has 0 spiro atoms. The monoisotopic (exact) mass is 497 g/mol. The Morgan fingerprint density at radius 3 is 2.19 bits per heavy atom. The number of hydrogen-bond acceptors (Lipinski definition) is 3. The van der Waals surface area contributed by atoms with Gasteiger partial charge in [0.15, 0.2) is 0 Å². The molecule has 0 aliphatic carbocycles. The van der Waals surface area contributed by atoms with Crippen LogP contribution in [-0.2, 0) is 6.42 Å². The molecule has 0 fully saturated rings. The largest absolute Gasteiger partial charge is 0.423 e. The lowest BCUT2D eigenvalue weighted by atomic mass is 9.93. The van der Waals surface area contributed by atoms with Crippen LogP contribution in [0, 0.1) is 28.8 Å². The molecule has 0 N–H and O–H groups in total. The molecule has 0 aliphatic rings. The fourth-order valence-corrected chi connectivity index (χ4v) is 3.88. The van der Waals surface area contributed by atoms with Gasteiger partial charge in [-0.2, -0.15) is 5.26 Å². The Morgan fingerprint density at radius 1 is 0.892 bits per heavy atom. The minimum Gasteiger partial charge on any atom is -0.423 e. The SMILES string of the molecule is CC(Cc1ccc(/C=C/c2ccc(C(=O)Oc3cc(F)c(C#N)c(F)c3)cc2)c(F)c1)c1ccccc1. The highest BCUT2D eigenvalue weighted by molar-refractivity contribution is 5.91. The summed E-state index contributed by atoms with van der Waals surface area (Å²) in [7, 11) is 0. The number of halogens is 3. The Labute approximate surface area is 213 Å². The minimum atomic E-state index is -1.11. The van der Waals surface area contributed by atoms with Crippen molar-refractivity contribution in [1.29, 1.82) is 5.26 Å². The van der Waals surface area contributed by atoms with E-state index in [0.717, 1.165) is 24.1 Å². The Bertz CT molecular complexity index is 1470. The molecule has 1 unspecified atom stereocenters. The first kappa shape index (κ1) is 25.5. The maximum atomic E-state index is 14.7. The molecule has 0 saturated heterocycles. The zero-order chi connectivity index (χ0) is 26.4. The van der Waals surface area contributed by atoms with Gasteiger partial charge < -0.3 is 4.74 Å². The summed E-state index contributed by atoms with van der Waals surface area (Å²) in [6.07, 6.45) is 4.09. The standard InChI is InChI=1S/C31H22F3NO2/c1-20(23-5-3-2-4-6-23)15-22-10-12-24(28(32)16-22)11-7-21-8-13-25(14-9-21)31(36)37-26-17-29(33)27(19-35)30(34)18-26/h2-14,16-18,20H,15H2,1H3/b11-7+. The molecule has 0 saturated carbocycles. The molecule has 184 valence electrons. The van der Waals surface area contributed by atoms with E-state index in [1.165, 1.54) is 23.8 Å². The normalized spacial score (nSPS) is 11.8. The zero-order valence-corrected chi connectivity index (χ0v) is 19.9. The van der Waals surface area contributed by atoms with Crippen LogP contribution in [0.15, 0.2) is 84.9 Å². The van der Waals surface area contributed by atoms with Crippen LogP contribution in [0.3, 0.4) is 0 Å². The summed E-state index contributed by atoms with van der Waals surface area (Å²) >= 11 is 0. The first-order valence-electron chi connectivity index (χ1n) is 11.6. The predicted molar refractivity (Wildman–Crippen MR) is 136 cm³/mol. The van der Waals surface area contributed by atoms with Crippen molar-refractivity contribution in [2.75, 3.05) is 0 Å². The smallest absolute Gasteiger partial charge is 0.343 e. The first-order valence-corrected chi connectivity index (χ1v) is 11.6. The fourth-order valence-electron chi connectivity index (χ4n) is 3.88. The molecule has 0 heterocycles. The van der Waals surface area contributed by atoms with Gasteiger partial charge in [0.25, 0.3) is 0 Å². The van der Waals surface area contributed by atoms with Gasteiger partial charge in [-0.15, -0.1) is 0 Å². The summed E-state index contributed by atoms with van der Waals surface area (Å²) in [6.45, 7) is 2.11. The van der Waals surface area contributed by atoms with Crippen LogP contribution in [0.4, 0.5) is 13.2 Å². The maximum Gasteiger partial charge on any atom is 0.343 e. The second-order valence-electron chi connectivity index (χ2n) is 8.59. The van der Waals surface area contributed by atoms with Crippen molar-refractivity contribution in [3.05, 3.63) is 136 Å². The Morgan fingerprint density at radius 2 is 1.57 bits per heavy atom. The molecule has 3 nitrogen and oxygen atoms in total. The molecule has 0 aliphatic heterocycles. The van der Waals surface area contributed by atoms with Crippen LogP contribution < -0.4 is 4.74 Å². The van der Waals surface area contributed by atoms with E-state index in [-0.39, 0.29) is 23.0 Å². The van der Waals surface area contributed by atoms with Crippen LogP contribution in [0.2, 0.25) is 0 Å². The van der Waals surface area contributed by atoms with Crippen molar-refractivity contribution in [1.82, 2.24) is 0 Å². The summed E-state index contributed by atoms with van der Waals surface area (Å²) < 4.78 is 47.2. The van der Waals surface area contributed by atoms with E-state index in [1.807, 2.05) is 24.3 Å². The Kier molecular flexibility index (Phi) is 7.85. The van der Waals surface area contributed by atoms with E-state index in [9.17, 15) is 18.0 Å². The second-order valence-corrected chi connectivity index (χ2v) is 8.59. The van der Waals surface area contributed by atoms with E-state index in [2.05, 4.69) is 19.1 Å². The summed E-state index contributed by atoms with van der Waals surface area (Å²) in [4.78, 5) is 12.3. The van der Waals surface area contributed by atoms with Crippen molar-refractivity contribution < 1.29 is 22.7 Å². The Balaban J connectivity index is 1.39. The molecule has 4 aromatic carbocycles. The number of ether oxygens (including phenoxy) is 1. The van der Waals surface area contributed by atoms with E-state index in [1.54, 1.807) is 36.4 Å². The van der Waals surface area contributed by atoms with Crippen LogP contribution in [0.1, 0.15) is 51.0 Å². The van der Waals surface area contributed by atoms with Crippen molar-refractivity contribution in [2.45, 2.75) is 19.3 Å². The third kappa shape index (κ3) is 6.33. The highest BCUT2D eigenvalue weighted by Crippen LogP contribution is 2.23. The minimum absolute atomic E-state index is 0.158. The van der Waals surface area contributed by atoms with Crippen molar-refractivity contribution in [2.24, 2.45) is 0 Å². The Hall–Kier alpha value is -4.63. The van der Waals surface area contributed by atoms with Crippen LogP contribution in [0.5, 0.6) is 5.75 Å². The van der Waals surface area contributed by atoms with Crippen molar-refractivity contribution in [3.8, 4) is 11.8 Å². The summed E-state index contributed by atoms with van der Waals surface area (Å²) in [5.74, 6) is -3.45. The fraction of sp³-hybridized carbons (Fsp3) is 0.0968. The molecular weight excluding hydrogens is 475 g/mol. The lowest BCUT2D eigenvalue weighted by molar-refractivity contribution is 0.0734. The van der Waals surface area contributed by atoms with E-state index >= 15 is 0 Å². The average Bonchev–Trinajstić information content (AvgIpc) is 2.89. The van der Waals surface area contributed by atoms with Crippen LogP contribution >= 0.6 is 0 Å². The van der Waals surface area contributed by atoms with Gasteiger partial charge in [-0.1, -0.05) is 73.7 Å². The van der Waals surface area contributed by atoms with Gasteiger partial charge in [0, 0.05) is 17.7 Å². The molecule has 0 aromatic heterocycles. The molecule has 37 heavy (non-hydrogen) atoms. The van der Waals surface area contributed by atoms with Gasteiger partial charge in [-0.25, -0.2) is 18.0 Å². The van der Waals surface area contributed by atoms with E-state index < -0.39 is 23.2 Å². The molecule has 0 radical (unpaired) electrons.